The Morgan fingerprint density at radius 1 is 1.14 bits per heavy atom. The van der Waals surface area contributed by atoms with Crippen molar-refractivity contribution in [2.24, 2.45) is 0 Å². The van der Waals surface area contributed by atoms with Crippen molar-refractivity contribution in [2.75, 3.05) is 13.4 Å². The Kier molecular flexibility index (Phi) is 4.56. The number of pyridine rings is 1. The summed E-state index contributed by atoms with van der Waals surface area (Å²) in [5, 5.41) is 3.94. The summed E-state index contributed by atoms with van der Waals surface area (Å²) in [6, 6.07) is 15.2. The van der Waals surface area contributed by atoms with Crippen LogP contribution in [0.1, 0.15) is 30.1 Å². The summed E-state index contributed by atoms with van der Waals surface area (Å²) in [4.78, 5) is 17.9. The van der Waals surface area contributed by atoms with Crippen LogP contribution in [-0.4, -0.2) is 36.4 Å². The lowest BCUT2D eigenvalue weighted by molar-refractivity contribution is 0.0713. The van der Waals surface area contributed by atoms with E-state index in [1.165, 1.54) is 0 Å². The average molecular weight is 390 g/mol. The Labute approximate surface area is 168 Å². The predicted octanol–water partition coefficient (Wildman–Crippen LogP) is 3.93. The number of hydrogen-bond acceptors (Lipinski definition) is 5. The first-order valence-electron chi connectivity index (χ1n) is 9.91. The summed E-state index contributed by atoms with van der Waals surface area (Å²) in [7, 11) is 0. The van der Waals surface area contributed by atoms with Gasteiger partial charge in [-0.05, 0) is 50.1 Å². The molecule has 1 N–H and O–H groups in total. The molecule has 0 bridgehead atoms. The van der Waals surface area contributed by atoms with Crippen LogP contribution in [0.25, 0.3) is 22.2 Å². The zero-order valence-corrected chi connectivity index (χ0v) is 16.2. The first-order valence-corrected chi connectivity index (χ1v) is 9.91. The van der Waals surface area contributed by atoms with Crippen molar-refractivity contribution in [3.63, 3.8) is 0 Å². The van der Waals surface area contributed by atoms with Gasteiger partial charge >= 0.3 is 0 Å². The highest BCUT2D eigenvalue weighted by atomic mass is 16.7. The molecule has 2 atom stereocenters. The lowest BCUT2D eigenvalue weighted by Gasteiger charge is -2.20. The quantitative estimate of drug-likeness (QED) is 0.731. The van der Waals surface area contributed by atoms with Gasteiger partial charge in [0.1, 0.15) is 0 Å². The SMILES string of the molecule is C[C@H](NC(=O)c1cc(-c2ccc3c(c2)OCO3)nc2ccccc12)[C@@H]1CCCO1. The highest BCUT2D eigenvalue weighted by molar-refractivity contribution is 6.07. The summed E-state index contributed by atoms with van der Waals surface area (Å²) < 4.78 is 16.6. The molecule has 0 spiro atoms. The fourth-order valence-electron chi connectivity index (χ4n) is 3.94. The van der Waals surface area contributed by atoms with Gasteiger partial charge in [-0.1, -0.05) is 18.2 Å². The van der Waals surface area contributed by atoms with Crippen molar-refractivity contribution in [1.82, 2.24) is 10.3 Å². The number of hydrogen-bond donors (Lipinski definition) is 1. The minimum Gasteiger partial charge on any atom is -0.454 e. The summed E-state index contributed by atoms with van der Waals surface area (Å²) in [6.07, 6.45) is 2.08. The molecule has 2 aliphatic rings. The molecule has 3 aromatic rings. The Bertz CT molecular complexity index is 1080. The van der Waals surface area contributed by atoms with Gasteiger partial charge in [0.05, 0.1) is 28.9 Å². The lowest BCUT2D eigenvalue weighted by Crippen LogP contribution is -2.40. The maximum atomic E-state index is 13.2. The standard InChI is InChI=1S/C23H22N2O4/c1-14(20-7-4-10-27-20)24-23(26)17-12-19(25-18-6-3-2-5-16(17)18)15-8-9-21-22(11-15)29-13-28-21/h2-3,5-6,8-9,11-12,14,20H,4,7,10,13H2,1H3,(H,24,26)/t14-,20-/m0/s1. The van der Waals surface area contributed by atoms with E-state index in [-0.39, 0.29) is 24.8 Å². The van der Waals surface area contributed by atoms with Crippen LogP contribution in [0.5, 0.6) is 11.5 Å². The normalized spacial score (nSPS) is 18.7. The topological polar surface area (TPSA) is 69.7 Å². The minimum atomic E-state index is -0.117. The zero-order chi connectivity index (χ0) is 19.8. The number of benzene rings is 2. The van der Waals surface area contributed by atoms with Crippen LogP contribution in [0.3, 0.4) is 0 Å². The number of fused-ring (bicyclic) bond motifs is 2. The van der Waals surface area contributed by atoms with Crippen molar-refractivity contribution in [1.29, 1.82) is 0 Å². The monoisotopic (exact) mass is 390 g/mol. The van der Waals surface area contributed by atoms with Gasteiger partial charge in [-0.2, -0.15) is 0 Å². The van der Waals surface area contributed by atoms with Crippen LogP contribution in [0.4, 0.5) is 0 Å². The number of aromatic nitrogens is 1. The Morgan fingerprint density at radius 3 is 2.86 bits per heavy atom. The number of nitrogens with one attached hydrogen (secondary N) is 1. The van der Waals surface area contributed by atoms with Crippen molar-refractivity contribution in [3.05, 3.63) is 54.1 Å². The highest BCUT2D eigenvalue weighted by Crippen LogP contribution is 2.36. The van der Waals surface area contributed by atoms with Crippen molar-refractivity contribution < 1.29 is 19.0 Å². The molecular weight excluding hydrogens is 368 g/mol. The van der Waals surface area contributed by atoms with Gasteiger partial charge in [0.15, 0.2) is 11.5 Å². The second kappa shape index (κ2) is 7.37. The molecule has 1 fully saturated rings. The molecule has 1 amide bonds. The Hall–Kier alpha value is -3.12. The van der Waals surface area contributed by atoms with Gasteiger partial charge in [0.2, 0.25) is 6.79 Å². The van der Waals surface area contributed by atoms with E-state index >= 15 is 0 Å². The number of nitrogens with zero attached hydrogens (tertiary/aromatic N) is 1. The molecule has 6 nitrogen and oxygen atoms in total. The first kappa shape index (κ1) is 17.9. The van der Waals surface area contributed by atoms with E-state index in [0.29, 0.717) is 11.3 Å². The number of carbonyl (C=O) groups excluding carboxylic acids is 1. The van der Waals surface area contributed by atoms with Crippen molar-refractivity contribution in [3.8, 4) is 22.8 Å². The van der Waals surface area contributed by atoms with E-state index in [4.69, 9.17) is 19.2 Å². The predicted molar refractivity (Wildman–Crippen MR) is 109 cm³/mol. The summed E-state index contributed by atoms with van der Waals surface area (Å²) in [5.74, 6) is 1.29. The van der Waals surface area contributed by atoms with E-state index in [9.17, 15) is 4.79 Å². The van der Waals surface area contributed by atoms with E-state index in [2.05, 4.69) is 5.32 Å². The molecule has 2 aliphatic heterocycles. The maximum Gasteiger partial charge on any atom is 0.252 e. The maximum absolute atomic E-state index is 13.2. The minimum absolute atomic E-state index is 0.0501. The molecule has 6 heteroatoms. The second-order valence-corrected chi connectivity index (χ2v) is 7.45. The fourth-order valence-corrected chi connectivity index (χ4v) is 3.94. The third-order valence-electron chi connectivity index (χ3n) is 5.51. The van der Waals surface area contributed by atoms with Crippen LogP contribution in [0, 0.1) is 0 Å². The lowest BCUT2D eigenvalue weighted by atomic mass is 10.0. The van der Waals surface area contributed by atoms with Crippen LogP contribution in [0.2, 0.25) is 0 Å². The van der Waals surface area contributed by atoms with Crippen LogP contribution in [-0.2, 0) is 4.74 Å². The van der Waals surface area contributed by atoms with E-state index in [1.54, 1.807) is 0 Å². The third-order valence-corrected chi connectivity index (χ3v) is 5.51. The summed E-state index contributed by atoms with van der Waals surface area (Å²) >= 11 is 0. The van der Waals surface area contributed by atoms with Crippen molar-refractivity contribution >= 4 is 16.8 Å². The van der Waals surface area contributed by atoms with Crippen LogP contribution in [0.15, 0.2) is 48.5 Å². The summed E-state index contributed by atoms with van der Waals surface area (Å²) in [6.45, 7) is 2.98. The van der Waals surface area contributed by atoms with Gasteiger partial charge in [-0.15, -0.1) is 0 Å². The van der Waals surface area contributed by atoms with Gasteiger partial charge in [-0.25, -0.2) is 4.98 Å². The van der Waals surface area contributed by atoms with Gasteiger partial charge in [0.25, 0.3) is 5.91 Å². The number of carbonyl (C=O) groups is 1. The molecule has 148 valence electrons. The molecule has 29 heavy (non-hydrogen) atoms. The molecule has 0 saturated carbocycles. The largest absolute Gasteiger partial charge is 0.454 e. The Balaban J connectivity index is 1.53. The van der Waals surface area contributed by atoms with E-state index < -0.39 is 0 Å². The molecule has 0 radical (unpaired) electrons. The smallest absolute Gasteiger partial charge is 0.252 e. The number of ether oxygens (including phenoxy) is 3. The van der Waals surface area contributed by atoms with Crippen LogP contribution >= 0.6 is 0 Å². The zero-order valence-electron chi connectivity index (χ0n) is 16.2. The molecule has 5 rings (SSSR count). The number of rotatable bonds is 4. The second-order valence-electron chi connectivity index (χ2n) is 7.45. The van der Waals surface area contributed by atoms with Gasteiger partial charge in [0, 0.05) is 17.6 Å². The first-order chi connectivity index (χ1) is 14.2. The van der Waals surface area contributed by atoms with Crippen LogP contribution < -0.4 is 14.8 Å². The average Bonchev–Trinajstić information content (AvgIpc) is 3.44. The molecule has 0 unspecified atom stereocenters. The van der Waals surface area contributed by atoms with Gasteiger partial charge < -0.3 is 19.5 Å². The molecule has 3 heterocycles. The fraction of sp³-hybridized carbons (Fsp3) is 0.304. The number of para-hydroxylation sites is 1. The Morgan fingerprint density at radius 2 is 2.00 bits per heavy atom. The highest BCUT2D eigenvalue weighted by Gasteiger charge is 2.25. The molecule has 1 saturated heterocycles. The van der Waals surface area contributed by atoms with E-state index in [0.717, 1.165) is 47.4 Å². The summed E-state index contributed by atoms with van der Waals surface area (Å²) in [5.41, 5.74) is 2.98. The number of amides is 1. The molecule has 2 aromatic carbocycles. The van der Waals surface area contributed by atoms with E-state index in [1.807, 2.05) is 55.5 Å². The molecule has 1 aromatic heterocycles. The van der Waals surface area contributed by atoms with Crippen molar-refractivity contribution in [2.45, 2.75) is 31.9 Å². The molecule has 0 aliphatic carbocycles. The van der Waals surface area contributed by atoms with Gasteiger partial charge in [-0.3, -0.25) is 4.79 Å². The third kappa shape index (κ3) is 3.40. The molecular formula is C23H22N2O4.